The van der Waals surface area contributed by atoms with E-state index in [1.165, 1.54) is 56.5 Å². The minimum Gasteiger partial charge on any atom is -0.317 e. The van der Waals surface area contributed by atoms with Crippen molar-refractivity contribution in [2.45, 2.75) is 57.2 Å². The van der Waals surface area contributed by atoms with Crippen LogP contribution >= 0.6 is 11.3 Å². The van der Waals surface area contributed by atoms with Gasteiger partial charge in [-0.05, 0) is 50.1 Å². The third-order valence-electron chi connectivity index (χ3n) is 4.75. The van der Waals surface area contributed by atoms with Crippen molar-refractivity contribution in [2.24, 2.45) is 5.92 Å². The van der Waals surface area contributed by atoms with E-state index >= 15 is 0 Å². The molecule has 2 saturated carbocycles. The van der Waals surface area contributed by atoms with Gasteiger partial charge in [0.2, 0.25) is 0 Å². The number of hydrogen-bond acceptors (Lipinski definition) is 3. The van der Waals surface area contributed by atoms with E-state index in [0.717, 1.165) is 18.0 Å². The van der Waals surface area contributed by atoms with E-state index in [0.29, 0.717) is 0 Å². The smallest absolute Gasteiger partial charge is 0.0330 e. The lowest BCUT2D eigenvalue weighted by Crippen LogP contribution is -2.43. The zero-order chi connectivity index (χ0) is 13.1. The van der Waals surface area contributed by atoms with Crippen LogP contribution in [-0.2, 0) is 6.54 Å². The highest BCUT2D eigenvalue weighted by Gasteiger charge is 2.33. The fourth-order valence-electron chi connectivity index (χ4n) is 3.49. The summed E-state index contributed by atoms with van der Waals surface area (Å²) in [5, 5.41) is 5.76. The molecule has 1 aromatic heterocycles. The summed E-state index contributed by atoms with van der Waals surface area (Å²) in [5.74, 6) is 0.860. The van der Waals surface area contributed by atoms with Crippen molar-refractivity contribution in [3.63, 3.8) is 0 Å². The number of thiophene rings is 1. The fraction of sp³-hybridized carbons (Fsp3) is 0.750. The molecule has 1 heterocycles. The van der Waals surface area contributed by atoms with E-state index in [1.54, 1.807) is 0 Å². The van der Waals surface area contributed by atoms with Gasteiger partial charge in [0, 0.05) is 30.1 Å². The monoisotopic (exact) mass is 278 g/mol. The highest BCUT2D eigenvalue weighted by atomic mass is 32.1. The Balaban J connectivity index is 1.60. The van der Waals surface area contributed by atoms with E-state index in [2.05, 4.69) is 34.8 Å². The quantitative estimate of drug-likeness (QED) is 0.857. The van der Waals surface area contributed by atoms with Crippen LogP contribution in [0.5, 0.6) is 0 Å². The molecule has 2 unspecified atom stereocenters. The molecule has 1 aromatic rings. The van der Waals surface area contributed by atoms with E-state index in [4.69, 9.17) is 0 Å². The molecule has 2 atom stereocenters. The van der Waals surface area contributed by atoms with Gasteiger partial charge in [-0.15, -0.1) is 11.3 Å². The van der Waals surface area contributed by atoms with Gasteiger partial charge >= 0.3 is 0 Å². The summed E-state index contributed by atoms with van der Waals surface area (Å²) in [7, 11) is 2.14. The molecule has 0 radical (unpaired) electrons. The summed E-state index contributed by atoms with van der Waals surface area (Å²) >= 11 is 1.91. The van der Waals surface area contributed by atoms with Gasteiger partial charge < -0.3 is 5.32 Å². The summed E-state index contributed by atoms with van der Waals surface area (Å²) in [6.07, 6.45) is 8.47. The van der Waals surface area contributed by atoms with Crippen molar-refractivity contribution >= 4 is 11.3 Å². The van der Waals surface area contributed by atoms with Gasteiger partial charge in [0.1, 0.15) is 0 Å². The van der Waals surface area contributed by atoms with Crippen LogP contribution in [0.2, 0.25) is 0 Å². The largest absolute Gasteiger partial charge is 0.317 e. The van der Waals surface area contributed by atoms with Crippen molar-refractivity contribution in [1.82, 2.24) is 10.2 Å². The maximum atomic E-state index is 3.55. The Hall–Kier alpha value is -0.380. The van der Waals surface area contributed by atoms with E-state index in [9.17, 15) is 0 Å². The van der Waals surface area contributed by atoms with Gasteiger partial charge in [-0.1, -0.05) is 18.9 Å². The highest BCUT2D eigenvalue weighted by Crippen LogP contribution is 2.33. The second-order valence-corrected chi connectivity index (χ2v) is 7.21. The lowest BCUT2D eigenvalue weighted by Gasteiger charge is -2.35. The molecule has 0 aliphatic heterocycles. The van der Waals surface area contributed by atoms with Crippen LogP contribution in [0.1, 0.15) is 43.4 Å². The zero-order valence-electron chi connectivity index (χ0n) is 12.0. The van der Waals surface area contributed by atoms with Crippen LogP contribution in [0.15, 0.2) is 17.5 Å². The van der Waals surface area contributed by atoms with E-state index in [-0.39, 0.29) is 0 Å². The fourth-order valence-corrected chi connectivity index (χ4v) is 4.22. The van der Waals surface area contributed by atoms with Gasteiger partial charge in [-0.3, -0.25) is 4.90 Å². The molecule has 0 aromatic carbocycles. The van der Waals surface area contributed by atoms with Crippen molar-refractivity contribution in [3.05, 3.63) is 22.4 Å². The van der Waals surface area contributed by atoms with Gasteiger partial charge in [0.25, 0.3) is 0 Å². The van der Waals surface area contributed by atoms with Gasteiger partial charge in [-0.2, -0.15) is 0 Å². The molecule has 1 N–H and O–H groups in total. The summed E-state index contributed by atoms with van der Waals surface area (Å²) in [6, 6.07) is 6.10. The number of rotatable bonds is 6. The molecule has 0 spiro atoms. The lowest BCUT2D eigenvalue weighted by molar-refractivity contribution is 0.160. The third kappa shape index (κ3) is 3.59. The van der Waals surface area contributed by atoms with Crippen LogP contribution in [0, 0.1) is 5.92 Å². The van der Waals surface area contributed by atoms with Crippen molar-refractivity contribution < 1.29 is 0 Å². The maximum Gasteiger partial charge on any atom is 0.0330 e. The second kappa shape index (κ2) is 6.38. The minimum atomic E-state index is 0.748. The molecule has 3 heteroatoms. The van der Waals surface area contributed by atoms with Crippen molar-refractivity contribution in [2.75, 3.05) is 13.6 Å². The van der Waals surface area contributed by atoms with Gasteiger partial charge in [0.05, 0.1) is 0 Å². The molecule has 2 aliphatic rings. The summed E-state index contributed by atoms with van der Waals surface area (Å²) in [4.78, 5) is 4.29. The predicted octanol–water partition coefficient (Wildman–Crippen LogP) is 3.49. The van der Waals surface area contributed by atoms with Crippen LogP contribution in [-0.4, -0.2) is 30.6 Å². The Morgan fingerprint density at radius 2 is 2.11 bits per heavy atom. The minimum absolute atomic E-state index is 0.748. The number of hydrogen-bond donors (Lipinski definition) is 1. The first-order valence-electron chi connectivity index (χ1n) is 7.80. The molecule has 19 heavy (non-hydrogen) atoms. The van der Waals surface area contributed by atoms with Crippen LogP contribution in [0.25, 0.3) is 0 Å². The van der Waals surface area contributed by atoms with Crippen LogP contribution < -0.4 is 5.32 Å². The maximum absolute atomic E-state index is 3.55. The Bertz CT molecular complexity index is 372. The highest BCUT2D eigenvalue weighted by molar-refractivity contribution is 7.09. The first-order valence-corrected chi connectivity index (χ1v) is 8.68. The molecule has 2 aliphatic carbocycles. The SMILES string of the molecule is CNC1CCCCC1CN(Cc1cccs1)C1CC1. The second-order valence-electron chi connectivity index (χ2n) is 6.18. The van der Waals surface area contributed by atoms with Crippen molar-refractivity contribution in [3.8, 4) is 0 Å². The molecular weight excluding hydrogens is 252 g/mol. The molecule has 2 nitrogen and oxygen atoms in total. The Labute approximate surface area is 121 Å². The summed E-state index contributed by atoms with van der Waals surface area (Å²) in [6.45, 7) is 2.48. The topological polar surface area (TPSA) is 15.3 Å². The molecule has 0 amide bonds. The van der Waals surface area contributed by atoms with Crippen LogP contribution in [0.4, 0.5) is 0 Å². The molecule has 2 fully saturated rings. The van der Waals surface area contributed by atoms with Gasteiger partial charge in [-0.25, -0.2) is 0 Å². The standard InChI is InChI=1S/C16H26N2S/c1-17-16-7-3-2-5-13(16)11-18(14-8-9-14)12-15-6-4-10-19-15/h4,6,10,13-14,16-17H,2-3,5,7-9,11-12H2,1H3. The number of nitrogens with zero attached hydrogens (tertiary/aromatic N) is 1. The number of nitrogens with one attached hydrogen (secondary N) is 1. The normalized spacial score (nSPS) is 27.9. The Morgan fingerprint density at radius 3 is 2.79 bits per heavy atom. The van der Waals surface area contributed by atoms with Crippen molar-refractivity contribution in [1.29, 1.82) is 0 Å². The molecule has 106 valence electrons. The summed E-state index contributed by atoms with van der Waals surface area (Å²) in [5.41, 5.74) is 0. The average molecular weight is 278 g/mol. The van der Waals surface area contributed by atoms with Crippen LogP contribution in [0.3, 0.4) is 0 Å². The molecular formula is C16H26N2S. The molecule has 3 rings (SSSR count). The molecule has 0 bridgehead atoms. The van der Waals surface area contributed by atoms with E-state index in [1.807, 2.05) is 11.3 Å². The molecule has 0 saturated heterocycles. The van der Waals surface area contributed by atoms with E-state index < -0.39 is 0 Å². The Morgan fingerprint density at radius 1 is 1.26 bits per heavy atom. The van der Waals surface area contributed by atoms with Gasteiger partial charge in [0.15, 0.2) is 0 Å². The predicted molar refractivity (Wildman–Crippen MR) is 82.6 cm³/mol. The summed E-state index contributed by atoms with van der Waals surface area (Å²) < 4.78 is 0. The first kappa shape index (κ1) is 13.6. The average Bonchev–Trinajstić information content (AvgIpc) is 3.17. The zero-order valence-corrected chi connectivity index (χ0v) is 12.8. The lowest BCUT2D eigenvalue weighted by atomic mass is 9.84. The third-order valence-corrected chi connectivity index (χ3v) is 5.61. The first-order chi connectivity index (χ1) is 9.36. The Kier molecular flexibility index (Phi) is 4.57.